The summed E-state index contributed by atoms with van der Waals surface area (Å²) < 4.78 is 9.91. The Bertz CT molecular complexity index is 2890. The Hall–Kier alpha value is -6.39. The summed E-state index contributed by atoms with van der Waals surface area (Å²) in [6.07, 6.45) is 8.75. The Kier molecular flexibility index (Phi) is 12.4. The van der Waals surface area contributed by atoms with E-state index in [0.29, 0.717) is 13.2 Å². The molecule has 0 atom stereocenters. The Morgan fingerprint density at radius 3 is 1.58 bits per heavy atom. The summed E-state index contributed by atoms with van der Waals surface area (Å²) in [6, 6.07) is 68.2. The van der Waals surface area contributed by atoms with Crippen LogP contribution in [0.1, 0.15) is 47.2 Å². The summed E-state index contributed by atoms with van der Waals surface area (Å²) in [5.41, 5.74) is 15.1. The fourth-order valence-electron chi connectivity index (χ4n) is 8.86. The van der Waals surface area contributed by atoms with Crippen LogP contribution in [0.25, 0.3) is 28.3 Å². The Morgan fingerprint density at radius 1 is 0.565 bits per heavy atom. The van der Waals surface area contributed by atoms with Gasteiger partial charge in [-0.1, -0.05) is 48.6 Å². The van der Waals surface area contributed by atoms with Crippen molar-refractivity contribution >= 4 is 40.4 Å². The summed E-state index contributed by atoms with van der Waals surface area (Å²) in [4.78, 5) is 0. The van der Waals surface area contributed by atoms with Crippen molar-refractivity contribution < 1.29 is 22.7 Å². The molecule has 1 saturated heterocycles. The normalized spacial score (nSPS) is 14.8. The molecule has 1 aliphatic carbocycles. The molecule has 0 bridgehead atoms. The number of fused-ring (bicyclic) bond motifs is 3. The topological polar surface area (TPSA) is 9.23 Å². The van der Waals surface area contributed by atoms with Gasteiger partial charge in [0.1, 0.15) is 0 Å². The van der Waals surface area contributed by atoms with Gasteiger partial charge in [-0.05, 0) is 6.92 Å². The third-order valence-electron chi connectivity index (χ3n) is 11.7. The molecular weight excluding hydrogens is 946 g/mol. The van der Waals surface area contributed by atoms with Crippen LogP contribution in [0, 0.1) is 16.2 Å². The molecule has 1 aliphatic heterocycles. The van der Waals surface area contributed by atoms with Crippen molar-refractivity contribution in [2.24, 2.45) is 0 Å². The molecule has 3 heteroatoms. The van der Waals surface area contributed by atoms with Crippen molar-refractivity contribution in [3.05, 3.63) is 262 Å². The molecule has 7 aromatic carbocycles. The van der Waals surface area contributed by atoms with E-state index in [0.717, 1.165) is 22.0 Å². The number of ether oxygens (including phenoxy) is 1. The van der Waals surface area contributed by atoms with Gasteiger partial charge in [0.25, 0.3) is 0 Å². The molecule has 0 unspecified atom stereocenters. The number of hydrogen-bond donors (Lipinski definition) is 0. The van der Waals surface area contributed by atoms with Crippen LogP contribution in [0.15, 0.2) is 228 Å². The van der Waals surface area contributed by atoms with E-state index >= 15 is 0 Å². The molecule has 0 spiro atoms. The maximum atomic E-state index is 6.06. The average molecular weight is 991 g/mol. The first kappa shape index (κ1) is 41.0. The van der Waals surface area contributed by atoms with Crippen LogP contribution in [0.4, 0.5) is 0 Å². The van der Waals surface area contributed by atoms with Gasteiger partial charge in [0.05, 0.1) is 0 Å². The van der Waals surface area contributed by atoms with Crippen molar-refractivity contribution in [3.63, 3.8) is 0 Å². The summed E-state index contributed by atoms with van der Waals surface area (Å²) in [5, 5.41) is 4.89. The van der Waals surface area contributed by atoms with Crippen molar-refractivity contribution in [2.75, 3.05) is 13.2 Å². The summed E-state index contributed by atoms with van der Waals surface area (Å²) >= 11 is 1.79. The van der Waals surface area contributed by atoms with Gasteiger partial charge in [0.2, 0.25) is 0 Å². The number of allylic oxidation sites excluding steroid dienone is 5. The van der Waals surface area contributed by atoms with Crippen LogP contribution >= 0.6 is 7.26 Å². The SMILES string of the molecule is CC=C1COCC1=CC(C#Cc1ccc2c(c1)C(=C(c1ccccc1)c1ccccc1)c1cc(/C=C/C)ccc1-2)=C([C]#[Os])[P+](c1ccccc1)(c1ccccc1)c1ccccc1. The van der Waals surface area contributed by atoms with Crippen molar-refractivity contribution in [1.29, 1.82) is 0 Å². The second kappa shape index (κ2) is 18.7. The van der Waals surface area contributed by atoms with E-state index in [2.05, 4.69) is 242 Å². The predicted octanol–water partition coefficient (Wildman–Crippen LogP) is 12.7. The van der Waals surface area contributed by atoms with Gasteiger partial charge >= 0.3 is 324 Å². The first-order chi connectivity index (χ1) is 30.6. The van der Waals surface area contributed by atoms with Gasteiger partial charge in [-0.15, -0.1) is 0 Å². The quantitative estimate of drug-likeness (QED) is 0.109. The fourth-order valence-corrected chi connectivity index (χ4v) is 14.6. The molecule has 9 rings (SSSR count). The van der Waals surface area contributed by atoms with E-state index in [1.807, 2.05) is 0 Å². The zero-order chi connectivity index (χ0) is 42.3. The van der Waals surface area contributed by atoms with E-state index in [4.69, 9.17) is 4.74 Å². The average Bonchev–Trinajstić information content (AvgIpc) is 3.92. The van der Waals surface area contributed by atoms with Crippen molar-refractivity contribution in [3.8, 4) is 27.3 Å². The van der Waals surface area contributed by atoms with Crippen molar-refractivity contribution in [2.45, 2.75) is 13.8 Å². The second-order valence-electron chi connectivity index (χ2n) is 15.3. The molecule has 299 valence electrons. The molecule has 62 heavy (non-hydrogen) atoms. The molecule has 0 aromatic heterocycles. The number of benzene rings is 7. The van der Waals surface area contributed by atoms with Crippen LogP contribution in [-0.2, 0) is 22.7 Å². The second-order valence-corrected chi connectivity index (χ2v) is 19.3. The third kappa shape index (κ3) is 7.83. The Balaban J connectivity index is 1.33. The molecule has 7 aromatic rings. The maximum absolute atomic E-state index is 6.06. The summed E-state index contributed by atoms with van der Waals surface area (Å²) in [6.45, 7) is 5.31. The van der Waals surface area contributed by atoms with Crippen LogP contribution in [-0.4, -0.2) is 13.2 Å². The van der Waals surface area contributed by atoms with Gasteiger partial charge < -0.3 is 0 Å². The molecule has 0 N–H and O–H groups in total. The zero-order valence-corrected chi connectivity index (χ0v) is 38.3. The van der Waals surface area contributed by atoms with Gasteiger partial charge in [0, 0.05) is 0 Å². The molecular formula is C59H45OOsP+. The number of rotatable bonds is 8. The van der Waals surface area contributed by atoms with E-state index in [9.17, 15) is 0 Å². The standard InChI is InChI=1S/C59H45OP.Os/c1-4-21-44-33-36-54-55-37-34-45(39-57(55)59(56(54)38-44)58(47-22-11-6-12-23-47)48-24-13-7-14-25-48)32-35-49(40-50-42-60-41-46(50)5-2)43(3)61(51-26-15-8-16-27-51,52-28-17-9-18-29-52)53-30-19-10-20-31-53;/h4-31,33-34,36-40H,41-42H2,1-2H3;/q+1;/b21-4+,46-5?,49-43?,50-40?;. The van der Waals surface area contributed by atoms with Crippen molar-refractivity contribution in [1.82, 2.24) is 0 Å². The molecule has 0 radical (unpaired) electrons. The Morgan fingerprint density at radius 2 is 1.06 bits per heavy atom. The van der Waals surface area contributed by atoms with Gasteiger partial charge in [-0.3, -0.25) is 0 Å². The minimum atomic E-state index is -2.53. The predicted molar refractivity (Wildman–Crippen MR) is 260 cm³/mol. The van der Waals surface area contributed by atoms with Gasteiger partial charge in [-0.25, -0.2) is 0 Å². The number of hydrogen-bond acceptors (Lipinski definition) is 1. The van der Waals surface area contributed by atoms with Gasteiger partial charge in [-0.2, -0.15) is 0 Å². The first-order valence-electron chi connectivity index (χ1n) is 21.0. The van der Waals surface area contributed by atoms with E-state index in [1.165, 1.54) is 71.6 Å². The monoisotopic (exact) mass is 992 g/mol. The van der Waals surface area contributed by atoms with Crippen LogP contribution in [0.3, 0.4) is 0 Å². The minimum absolute atomic E-state index is 0.541. The first-order valence-corrected chi connectivity index (χ1v) is 24.1. The van der Waals surface area contributed by atoms with E-state index in [-0.39, 0.29) is 0 Å². The molecule has 0 saturated carbocycles. The molecule has 1 fully saturated rings. The van der Waals surface area contributed by atoms with Crippen LogP contribution < -0.4 is 15.9 Å². The third-order valence-corrected chi connectivity index (χ3v) is 17.0. The van der Waals surface area contributed by atoms with Gasteiger partial charge in [0.15, 0.2) is 0 Å². The summed E-state index contributed by atoms with van der Waals surface area (Å²) in [7, 11) is -2.53. The zero-order valence-electron chi connectivity index (χ0n) is 34.8. The van der Waals surface area contributed by atoms with E-state index in [1.54, 1.807) is 17.9 Å². The molecule has 0 amide bonds. The molecule has 1 heterocycles. The Labute approximate surface area is 377 Å². The summed E-state index contributed by atoms with van der Waals surface area (Å²) in [5.74, 6) is 7.59. The fraction of sp³-hybridized carbons (Fsp3) is 0.0678. The van der Waals surface area contributed by atoms with Crippen LogP contribution in [0.5, 0.6) is 0 Å². The molecule has 2 aliphatic rings. The van der Waals surface area contributed by atoms with Crippen LogP contribution in [0.2, 0.25) is 0 Å². The molecule has 1 nitrogen and oxygen atoms in total. The van der Waals surface area contributed by atoms with E-state index < -0.39 is 7.26 Å².